The summed E-state index contributed by atoms with van der Waals surface area (Å²) < 4.78 is 15.5. The second kappa shape index (κ2) is 14.8. The SMILES string of the molecule is CCCCOOC/C=C/OB(OCCO)OC(C)CO. The Morgan fingerprint density at radius 1 is 1.20 bits per heavy atom. The van der Waals surface area contributed by atoms with Crippen LogP contribution in [0.2, 0.25) is 0 Å². The second-order valence-corrected chi connectivity index (χ2v) is 3.98. The highest BCUT2D eigenvalue weighted by molar-refractivity contribution is 6.36. The molecule has 2 N–H and O–H groups in total. The van der Waals surface area contributed by atoms with Crippen LogP contribution in [0.5, 0.6) is 0 Å². The van der Waals surface area contributed by atoms with E-state index in [1.807, 2.05) is 0 Å². The summed E-state index contributed by atoms with van der Waals surface area (Å²) in [5.41, 5.74) is 0. The van der Waals surface area contributed by atoms with Crippen LogP contribution in [0.3, 0.4) is 0 Å². The molecule has 0 radical (unpaired) electrons. The first-order chi connectivity index (χ1) is 9.74. The number of rotatable bonds is 14. The summed E-state index contributed by atoms with van der Waals surface area (Å²) >= 11 is 0. The molecule has 0 heterocycles. The van der Waals surface area contributed by atoms with E-state index in [-0.39, 0.29) is 26.4 Å². The van der Waals surface area contributed by atoms with Crippen molar-refractivity contribution in [3.05, 3.63) is 12.3 Å². The van der Waals surface area contributed by atoms with Crippen LogP contribution >= 0.6 is 0 Å². The molecule has 8 heteroatoms. The Bertz CT molecular complexity index is 228. The monoisotopic (exact) mass is 292 g/mol. The van der Waals surface area contributed by atoms with Crippen LogP contribution in [0.15, 0.2) is 12.3 Å². The van der Waals surface area contributed by atoms with Gasteiger partial charge in [-0.15, -0.1) is 0 Å². The van der Waals surface area contributed by atoms with Crippen molar-refractivity contribution in [3.8, 4) is 0 Å². The quantitative estimate of drug-likeness (QED) is 0.160. The molecule has 0 saturated carbocycles. The fraction of sp³-hybridized carbons (Fsp3) is 0.833. The Hall–Kier alpha value is -0.635. The van der Waals surface area contributed by atoms with Crippen LogP contribution < -0.4 is 0 Å². The summed E-state index contributed by atoms with van der Waals surface area (Å²) in [5, 5.41) is 17.6. The molecule has 7 nitrogen and oxygen atoms in total. The van der Waals surface area contributed by atoms with Crippen molar-refractivity contribution in [3.63, 3.8) is 0 Å². The summed E-state index contributed by atoms with van der Waals surface area (Å²) in [6.45, 7) is 4.32. The third-order valence-corrected chi connectivity index (χ3v) is 2.06. The average molecular weight is 292 g/mol. The molecule has 1 unspecified atom stereocenters. The molecule has 0 aromatic carbocycles. The molecule has 0 saturated heterocycles. The van der Waals surface area contributed by atoms with Crippen molar-refractivity contribution in [1.29, 1.82) is 0 Å². The van der Waals surface area contributed by atoms with Gasteiger partial charge in [-0.2, -0.15) is 0 Å². The van der Waals surface area contributed by atoms with Gasteiger partial charge in [0.25, 0.3) is 0 Å². The Balaban J connectivity index is 3.75. The maximum Gasteiger partial charge on any atom is 0.713 e. The summed E-state index contributed by atoms with van der Waals surface area (Å²) in [6, 6.07) is 0. The van der Waals surface area contributed by atoms with Gasteiger partial charge in [-0.25, -0.2) is 9.78 Å². The minimum Gasteiger partial charge on any atom is -0.518 e. The molecule has 0 aliphatic heterocycles. The van der Waals surface area contributed by atoms with Gasteiger partial charge in [0.2, 0.25) is 0 Å². The van der Waals surface area contributed by atoms with Crippen LogP contribution in [-0.4, -0.2) is 56.7 Å². The number of aliphatic hydroxyl groups is 2. The number of hydrogen-bond donors (Lipinski definition) is 2. The van der Waals surface area contributed by atoms with Gasteiger partial charge in [0.05, 0.1) is 38.8 Å². The maximum atomic E-state index is 8.88. The molecular weight excluding hydrogens is 267 g/mol. The topological polar surface area (TPSA) is 86.6 Å². The third-order valence-electron chi connectivity index (χ3n) is 2.06. The predicted molar refractivity (Wildman–Crippen MR) is 73.5 cm³/mol. The Kier molecular flexibility index (Phi) is 14.3. The zero-order valence-corrected chi connectivity index (χ0v) is 12.2. The average Bonchev–Trinajstić information content (AvgIpc) is 2.46. The van der Waals surface area contributed by atoms with E-state index in [1.54, 1.807) is 13.0 Å². The molecule has 118 valence electrons. The van der Waals surface area contributed by atoms with Crippen LogP contribution in [0.1, 0.15) is 26.7 Å². The zero-order valence-electron chi connectivity index (χ0n) is 12.2. The minimum atomic E-state index is -0.985. The van der Waals surface area contributed by atoms with E-state index in [1.165, 1.54) is 6.26 Å². The largest absolute Gasteiger partial charge is 0.713 e. The van der Waals surface area contributed by atoms with Crippen molar-refractivity contribution in [2.75, 3.05) is 33.0 Å². The number of unbranched alkanes of at least 4 members (excludes halogenated alkanes) is 1. The van der Waals surface area contributed by atoms with E-state index in [0.29, 0.717) is 6.61 Å². The summed E-state index contributed by atoms with van der Waals surface area (Å²) in [6.07, 6.45) is 4.51. The van der Waals surface area contributed by atoms with Crippen LogP contribution in [0.25, 0.3) is 0 Å². The lowest BCUT2D eigenvalue weighted by Gasteiger charge is -2.15. The summed E-state index contributed by atoms with van der Waals surface area (Å²) in [7, 11) is -0.985. The van der Waals surface area contributed by atoms with Gasteiger partial charge in [-0.05, 0) is 19.4 Å². The maximum absolute atomic E-state index is 8.88. The number of aliphatic hydroxyl groups excluding tert-OH is 2. The normalized spacial score (nSPS) is 12.8. The van der Waals surface area contributed by atoms with Crippen LogP contribution in [0.4, 0.5) is 0 Å². The Morgan fingerprint density at radius 2 is 2.00 bits per heavy atom. The summed E-state index contributed by atoms with van der Waals surface area (Å²) in [4.78, 5) is 9.77. The highest BCUT2D eigenvalue weighted by Gasteiger charge is 2.24. The van der Waals surface area contributed by atoms with Gasteiger partial charge < -0.3 is 24.2 Å². The van der Waals surface area contributed by atoms with Crippen molar-refractivity contribution in [2.24, 2.45) is 0 Å². The first-order valence-corrected chi connectivity index (χ1v) is 6.78. The van der Waals surface area contributed by atoms with Gasteiger partial charge >= 0.3 is 7.32 Å². The lowest BCUT2D eigenvalue weighted by molar-refractivity contribution is -0.286. The van der Waals surface area contributed by atoms with Gasteiger partial charge in [0.15, 0.2) is 0 Å². The molecular formula is C12H25BO7. The molecule has 0 fully saturated rings. The van der Waals surface area contributed by atoms with Crippen molar-refractivity contribution in [1.82, 2.24) is 0 Å². The van der Waals surface area contributed by atoms with E-state index in [0.717, 1.165) is 12.8 Å². The highest BCUT2D eigenvalue weighted by Crippen LogP contribution is 1.99. The van der Waals surface area contributed by atoms with Gasteiger partial charge in [-0.3, -0.25) is 0 Å². The third kappa shape index (κ3) is 12.4. The van der Waals surface area contributed by atoms with E-state index in [4.69, 9.17) is 34.0 Å². The van der Waals surface area contributed by atoms with E-state index in [2.05, 4.69) is 6.92 Å². The molecule has 0 spiro atoms. The first-order valence-electron chi connectivity index (χ1n) is 6.78. The molecule has 0 aromatic heterocycles. The molecule has 20 heavy (non-hydrogen) atoms. The minimum absolute atomic E-state index is 0.0767. The van der Waals surface area contributed by atoms with Crippen LogP contribution in [-0.2, 0) is 23.7 Å². The van der Waals surface area contributed by atoms with Crippen LogP contribution in [0, 0.1) is 0 Å². The predicted octanol–water partition coefficient (Wildman–Crippen LogP) is 0.656. The first kappa shape index (κ1) is 19.4. The second-order valence-electron chi connectivity index (χ2n) is 3.98. The molecule has 0 bridgehead atoms. The zero-order chi connectivity index (χ0) is 15.1. The van der Waals surface area contributed by atoms with E-state index in [9.17, 15) is 0 Å². The van der Waals surface area contributed by atoms with Crippen molar-refractivity contribution >= 4 is 7.32 Å². The Labute approximate surface area is 120 Å². The van der Waals surface area contributed by atoms with Gasteiger partial charge in [0, 0.05) is 0 Å². The van der Waals surface area contributed by atoms with E-state index < -0.39 is 13.4 Å². The highest BCUT2D eigenvalue weighted by atomic mass is 17.2. The van der Waals surface area contributed by atoms with Crippen molar-refractivity contribution in [2.45, 2.75) is 32.8 Å². The molecule has 0 aliphatic carbocycles. The van der Waals surface area contributed by atoms with E-state index >= 15 is 0 Å². The molecule has 0 rings (SSSR count). The fourth-order valence-corrected chi connectivity index (χ4v) is 1.00. The molecule has 0 aromatic rings. The Morgan fingerprint density at radius 3 is 2.65 bits per heavy atom. The standard InChI is InChI=1S/C12H25BO7/c1-3-4-8-18-19-9-5-7-16-13(17-10-6-14)20-12(2)11-15/h5,7,12,14-15H,3-4,6,8-11H2,1-2H3/b7-5+. The number of hydrogen-bond acceptors (Lipinski definition) is 7. The lowest BCUT2D eigenvalue weighted by Crippen LogP contribution is -2.32. The smallest absolute Gasteiger partial charge is 0.518 e. The lowest BCUT2D eigenvalue weighted by atomic mass is 10.2. The van der Waals surface area contributed by atoms with Gasteiger partial charge in [0.1, 0.15) is 6.61 Å². The molecule has 1 atom stereocenters. The fourth-order valence-electron chi connectivity index (χ4n) is 1.00. The van der Waals surface area contributed by atoms with Crippen molar-refractivity contribution < 1.29 is 34.0 Å². The molecule has 0 aliphatic rings. The summed E-state index contributed by atoms with van der Waals surface area (Å²) in [5.74, 6) is 0. The van der Waals surface area contributed by atoms with Gasteiger partial charge in [-0.1, -0.05) is 13.3 Å². The molecule has 0 amide bonds.